The minimum absolute atomic E-state index is 0.0202. The smallest absolute Gasteiger partial charge is 0.0593 e. The number of hydrogen-bond donors (Lipinski definition) is 0. The Hall–Kier alpha value is -0.160. The molecule has 0 aliphatic carbocycles. The molecule has 3 unspecified atom stereocenters. The van der Waals surface area contributed by atoms with Crippen molar-refractivity contribution in [3.05, 3.63) is 5.21 Å². The van der Waals surface area contributed by atoms with Crippen LogP contribution in [0.15, 0.2) is 0 Å². The maximum absolute atomic E-state index is 12.1. The van der Waals surface area contributed by atoms with Gasteiger partial charge in [-0.1, -0.05) is 6.92 Å². The summed E-state index contributed by atoms with van der Waals surface area (Å²) in [5.41, 5.74) is -0.961. The van der Waals surface area contributed by atoms with Gasteiger partial charge in [-0.15, -0.1) is 10.3 Å². The van der Waals surface area contributed by atoms with Crippen LogP contribution in [0.4, 0.5) is 0 Å². The van der Waals surface area contributed by atoms with Crippen molar-refractivity contribution in [2.24, 2.45) is 5.92 Å². The number of rotatable bonds is 0. The van der Waals surface area contributed by atoms with E-state index in [4.69, 9.17) is 0 Å². The first-order valence-electron chi connectivity index (χ1n) is 5.15. The molecule has 4 heteroatoms. The van der Waals surface area contributed by atoms with Crippen LogP contribution < -0.4 is 0 Å². The van der Waals surface area contributed by atoms with Crippen LogP contribution in [-0.2, 0) is 5.21 Å². The molecule has 0 aromatic heterocycles. The van der Waals surface area contributed by atoms with Gasteiger partial charge in [-0.25, -0.2) is 0 Å². The summed E-state index contributed by atoms with van der Waals surface area (Å²) in [6.07, 6.45) is 0. The molecule has 0 N–H and O–H groups in total. The average molecular weight is 198 g/mol. The van der Waals surface area contributed by atoms with Crippen LogP contribution in [-0.4, -0.2) is 33.3 Å². The number of nitrogens with zero attached hydrogens (tertiary/aromatic N) is 2. The SMILES string of the molecule is CC1C2C(N1[O-])C(C)(C)N([O])C2(C)C. The minimum Gasteiger partial charge on any atom is -0.785 e. The third-order valence-electron chi connectivity index (χ3n) is 4.12. The molecule has 2 heterocycles. The first kappa shape index (κ1) is 10.4. The molecule has 4 nitrogen and oxygen atoms in total. The largest absolute Gasteiger partial charge is 0.785 e. The van der Waals surface area contributed by atoms with Gasteiger partial charge in [0.15, 0.2) is 0 Å². The van der Waals surface area contributed by atoms with E-state index in [1.807, 2.05) is 34.6 Å². The molecule has 3 atom stereocenters. The maximum atomic E-state index is 12.1. The molecule has 0 aromatic carbocycles. The van der Waals surface area contributed by atoms with Crippen molar-refractivity contribution in [1.29, 1.82) is 0 Å². The average Bonchev–Trinajstić information content (AvgIpc) is 2.21. The van der Waals surface area contributed by atoms with E-state index in [1.54, 1.807) is 0 Å². The molecule has 1 radical (unpaired) electrons. The van der Waals surface area contributed by atoms with Crippen molar-refractivity contribution in [3.8, 4) is 0 Å². The Morgan fingerprint density at radius 3 is 2.07 bits per heavy atom. The molecule has 2 fully saturated rings. The second-order valence-electron chi connectivity index (χ2n) is 5.67. The fraction of sp³-hybridized carbons (Fsp3) is 1.00. The molecule has 2 rings (SSSR count). The van der Waals surface area contributed by atoms with Crippen LogP contribution in [0.1, 0.15) is 34.6 Å². The highest BCUT2D eigenvalue weighted by molar-refractivity contribution is 5.21. The quantitative estimate of drug-likeness (QED) is 0.591. The summed E-state index contributed by atoms with van der Waals surface area (Å²) in [4.78, 5) is 0. The van der Waals surface area contributed by atoms with E-state index in [1.165, 1.54) is 0 Å². The summed E-state index contributed by atoms with van der Waals surface area (Å²) in [7, 11) is 0. The highest BCUT2D eigenvalue weighted by Gasteiger charge is 2.66. The van der Waals surface area contributed by atoms with E-state index in [0.717, 1.165) is 10.1 Å². The fourth-order valence-corrected chi connectivity index (χ4v) is 3.46. The Balaban J connectivity index is 2.39. The third kappa shape index (κ3) is 0.877. The first-order valence-corrected chi connectivity index (χ1v) is 5.15. The lowest BCUT2D eigenvalue weighted by atomic mass is 9.71. The van der Waals surface area contributed by atoms with Gasteiger partial charge in [0.1, 0.15) is 0 Å². The minimum atomic E-state index is -0.553. The second kappa shape index (κ2) is 2.50. The van der Waals surface area contributed by atoms with E-state index in [-0.39, 0.29) is 18.0 Å². The predicted molar refractivity (Wildman–Crippen MR) is 52.6 cm³/mol. The topological polar surface area (TPSA) is 49.4 Å². The van der Waals surface area contributed by atoms with Gasteiger partial charge in [0.25, 0.3) is 0 Å². The van der Waals surface area contributed by atoms with E-state index < -0.39 is 11.1 Å². The molecule has 0 amide bonds. The van der Waals surface area contributed by atoms with Crippen molar-refractivity contribution < 1.29 is 5.21 Å². The van der Waals surface area contributed by atoms with Crippen LogP contribution in [0.5, 0.6) is 0 Å². The van der Waals surface area contributed by atoms with Gasteiger partial charge >= 0.3 is 0 Å². The van der Waals surface area contributed by atoms with Crippen molar-refractivity contribution in [1.82, 2.24) is 10.1 Å². The fourth-order valence-electron chi connectivity index (χ4n) is 3.46. The van der Waals surface area contributed by atoms with Gasteiger partial charge in [0.2, 0.25) is 0 Å². The summed E-state index contributed by atoms with van der Waals surface area (Å²) in [6, 6.07) is -0.154. The van der Waals surface area contributed by atoms with E-state index >= 15 is 0 Å². The van der Waals surface area contributed by atoms with E-state index in [0.29, 0.717) is 0 Å². The third-order valence-corrected chi connectivity index (χ3v) is 4.12. The molecule has 81 valence electrons. The summed E-state index contributed by atoms with van der Waals surface area (Å²) >= 11 is 0. The molecular weight excluding hydrogens is 180 g/mol. The van der Waals surface area contributed by atoms with Gasteiger partial charge in [0.05, 0.1) is 11.1 Å². The summed E-state index contributed by atoms with van der Waals surface area (Å²) in [5.74, 6) is 0.201. The standard InChI is InChI=1S/C10H18N2O2/c1-6-7-8(11(6)13)10(4,5)12(14)9(7,2)3/h6-8H,1-5H3/q-1. The van der Waals surface area contributed by atoms with Gasteiger partial charge in [-0.05, 0) is 27.7 Å². The van der Waals surface area contributed by atoms with Crippen LogP contribution in [0, 0.1) is 11.1 Å². The van der Waals surface area contributed by atoms with Crippen LogP contribution in [0.25, 0.3) is 0 Å². The van der Waals surface area contributed by atoms with Crippen molar-refractivity contribution in [2.75, 3.05) is 0 Å². The number of hydroxylamine groups is 4. The van der Waals surface area contributed by atoms with E-state index in [2.05, 4.69) is 0 Å². The molecule has 2 aliphatic rings. The van der Waals surface area contributed by atoms with Crippen LogP contribution in [0.2, 0.25) is 0 Å². The Kier molecular flexibility index (Phi) is 1.85. The first-order chi connectivity index (χ1) is 6.22. The predicted octanol–water partition coefficient (Wildman–Crippen LogP) is 1.39. The van der Waals surface area contributed by atoms with Crippen molar-refractivity contribution in [2.45, 2.75) is 57.8 Å². The summed E-state index contributed by atoms with van der Waals surface area (Å²) in [6.45, 7) is 9.52. The Labute approximate surface area is 85.0 Å². The number of hydrogen-bond acceptors (Lipinski definition) is 3. The highest BCUT2D eigenvalue weighted by atomic mass is 16.5. The molecule has 0 spiro atoms. The zero-order valence-electron chi connectivity index (χ0n) is 9.44. The Morgan fingerprint density at radius 2 is 1.64 bits per heavy atom. The lowest BCUT2D eigenvalue weighted by Crippen LogP contribution is -2.66. The lowest BCUT2D eigenvalue weighted by molar-refractivity contribution is -0.247. The zero-order chi connectivity index (χ0) is 10.9. The molecule has 14 heavy (non-hydrogen) atoms. The van der Waals surface area contributed by atoms with Crippen molar-refractivity contribution >= 4 is 0 Å². The monoisotopic (exact) mass is 198 g/mol. The van der Waals surface area contributed by atoms with Gasteiger partial charge in [0, 0.05) is 18.0 Å². The molecule has 0 saturated carbocycles. The molecule has 0 aromatic rings. The zero-order valence-corrected chi connectivity index (χ0v) is 9.44. The second-order valence-corrected chi connectivity index (χ2v) is 5.67. The maximum Gasteiger partial charge on any atom is 0.0593 e. The highest BCUT2D eigenvalue weighted by Crippen LogP contribution is 2.54. The Morgan fingerprint density at radius 1 is 1.14 bits per heavy atom. The molecule has 0 bridgehead atoms. The normalized spacial score (nSPS) is 46.1. The summed E-state index contributed by atoms with van der Waals surface area (Å²) in [5, 5.41) is 25.9. The van der Waals surface area contributed by atoms with Crippen LogP contribution in [0.3, 0.4) is 0 Å². The molecule has 2 saturated heterocycles. The van der Waals surface area contributed by atoms with E-state index in [9.17, 15) is 10.4 Å². The number of fused-ring (bicyclic) bond motifs is 1. The van der Waals surface area contributed by atoms with Crippen LogP contribution >= 0.6 is 0 Å². The van der Waals surface area contributed by atoms with Crippen molar-refractivity contribution in [3.63, 3.8) is 0 Å². The van der Waals surface area contributed by atoms with Gasteiger partial charge in [-0.2, -0.15) is 0 Å². The van der Waals surface area contributed by atoms with Gasteiger partial charge < -0.3 is 10.3 Å². The van der Waals surface area contributed by atoms with Gasteiger partial charge in [-0.3, -0.25) is 0 Å². The lowest BCUT2D eigenvalue weighted by Gasteiger charge is -2.60. The summed E-state index contributed by atoms with van der Waals surface area (Å²) < 4.78 is 0. The molecular formula is C10H18N2O2-. The Bertz CT molecular complexity index is 239. The molecule has 2 aliphatic heterocycles.